The van der Waals surface area contributed by atoms with Crippen molar-refractivity contribution < 1.29 is 9.13 Å². The van der Waals surface area contributed by atoms with Gasteiger partial charge < -0.3 is 10.5 Å². The van der Waals surface area contributed by atoms with Gasteiger partial charge in [0, 0.05) is 11.1 Å². The average Bonchev–Trinajstić information content (AvgIpc) is 2.33. The molecule has 0 saturated heterocycles. The monoisotopic (exact) mass is 251 g/mol. The van der Waals surface area contributed by atoms with Crippen molar-refractivity contribution in [2.75, 3.05) is 7.11 Å². The van der Waals surface area contributed by atoms with Crippen LogP contribution < -0.4 is 10.5 Å². The Balaban J connectivity index is 2.54. The maximum absolute atomic E-state index is 13.5. The summed E-state index contributed by atoms with van der Waals surface area (Å²) in [6.45, 7) is 4.33. The fourth-order valence-electron chi connectivity index (χ4n) is 3.06. The lowest BCUT2D eigenvalue weighted by Crippen LogP contribution is -2.52. The van der Waals surface area contributed by atoms with Gasteiger partial charge in [0.15, 0.2) is 0 Å². The van der Waals surface area contributed by atoms with E-state index >= 15 is 0 Å². The summed E-state index contributed by atoms with van der Waals surface area (Å²) in [6.07, 6.45) is 4.20. The highest BCUT2D eigenvalue weighted by molar-refractivity contribution is 5.41. The Bertz CT molecular complexity index is 444. The highest BCUT2D eigenvalue weighted by atomic mass is 19.1. The Morgan fingerprint density at radius 1 is 1.22 bits per heavy atom. The van der Waals surface area contributed by atoms with Gasteiger partial charge >= 0.3 is 0 Å². The number of hydrogen-bond acceptors (Lipinski definition) is 2. The normalized spacial score (nSPS) is 26.9. The Kier molecular flexibility index (Phi) is 3.37. The first kappa shape index (κ1) is 13.3. The minimum Gasteiger partial charge on any atom is -0.496 e. The lowest BCUT2D eigenvalue weighted by Gasteiger charge is -2.48. The van der Waals surface area contributed by atoms with Crippen LogP contribution in [0.15, 0.2) is 18.2 Å². The van der Waals surface area contributed by atoms with Gasteiger partial charge in [0.05, 0.1) is 7.11 Å². The van der Waals surface area contributed by atoms with Gasteiger partial charge in [-0.15, -0.1) is 0 Å². The minimum absolute atomic E-state index is 0.0493. The maximum Gasteiger partial charge on any atom is 0.124 e. The van der Waals surface area contributed by atoms with E-state index in [1.807, 2.05) is 0 Å². The molecule has 18 heavy (non-hydrogen) atoms. The van der Waals surface area contributed by atoms with Crippen molar-refractivity contribution in [1.29, 1.82) is 0 Å². The maximum atomic E-state index is 13.5. The van der Waals surface area contributed by atoms with Gasteiger partial charge in [0.25, 0.3) is 0 Å². The smallest absolute Gasteiger partial charge is 0.124 e. The standard InChI is InChI=1S/C15H22FNO/c1-14(2)8-4-5-9-15(14,17)12-10-11(16)6-7-13(12)18-3/h6-7,10H,4-5,8-9,17H2,1-3H3. The molecule has 0 spiro atoms. The summed E-state index contributed by atoms with van der Waals surface area (Å²) >= 11 is 0. The van der Waals surface area contributed by atoms with Gasteiger partial charge in [0.1, 0.15) is 11.6 Å². The van der Waals surface area contributed by atoms with Crippen molar-refractivity contribution in [3.8, 4) is 5.75 Å². The van der Waals surface area contributed by atoms with E-state index in [1.165, 1.54) is 18.6 Å². The Labute approximate surface area is 108 Å². The van der Waals surface area contributed by atoms with Crippen LogP contribution in [0.1, 0.15) is 45.1 Å². The predicted octanol–water partition coefficient (Wildman–Crippen LogP) is 3.59. The second-order valence-corrected chi connectivity index (χ2v) is 5.91. The van der Waals surface area contributed by atoms with Crippen LogP contribution in [0, 0.1) is 11.2 Å². The average molecular weight is 251 g/mol. The quantitative estimate of drug-likeness (QED) is 0.871. The van der Waals surface area contributed by atoms with E-state index in [0.717, 1.165) is 24.8 Å². The van der Waals surface area contributed by atoms with Gasteiger partial charge in [-0.25, -0.2) is 4.39 Å². The van der Waals surface area contributed by atoms with Gasteiger partial charge in [-0.05, 0) is 36.5 Å². The summed E-state index contributed by atoms with van der Waals surface area (Å²) in [5, 5.41) is 0. The molecule has 1 aromatic carbocycles. The second kappa shape index (κ2) is 4.54. The van der Waals surface area contributed by atoms with Crippen molar-refractivity contribution in [2.24, 2.45) is 11.1 Å². The predicted molar refractivity (Wildman–Crippen MR) is 71.1 cm³/mol. The fourth-order valence-corrected chi connectivity index (χ4v) is 3.06. The van der Waals surface area contributed by atoms with E-state index in [-0.39, 0.29) is 11.2 Å². The molecule has 0 aliphatic heterocycles. The lowest BCUT2D eigenvalue weighted by molar-refractivity contribution is 0.0948. The number of hydrogen-bond donors (Lipinski definition) is 1. The molecule has 1 unspecified atom stereocenters. The molecule has 0 amide bonds. The van der Waals surface area contributed by atoms with Crippen molar-refractivity contribution >= 4 is 0 Å². The zero-order chi connectivity index (χ0) is 13.4. The molecule has 0 aromatic heterocycles. The highest BCUT2D eigenvalue weighted by Gasteiger charge is 2.46. The number of halogens is 1. The number of ether oxygens (including phenoxy) is 1. The molecule has 2 nitrogen and oxygen atoms in total. The fraction of sp³-hybridized carbons (Fsp3) is 0.600. The molecule has 100 valence electrons. The molecule has 1 atom stereocenters. The molecule has 0 bridgehead atoms. The molecular weight excluding hydrogens is 229 g/mol. The zero-order valence-corrected chi connectivity index (χ0v) is 11.4. The molecular formula is C15H22FNO. The van der Waals surface area contributed by atoms with Crippen molar-refractivity contribution in [3.05, 3.63) is 29.6 Å². The van der Waals surface area contributed by atoms with E-state index in [4.69, 9.17) is 10.5 Å². The minimum atomic E-state index is -0.515. The number of benzene rings is 1. The molecule has 1 aliphatic rings. The Morgan fingerprint density at radius 2 is 1.89 bits per heavy atom. The number of nitrogens with two attached hydrogens (primary N) is 1. The first-order valence-electron chi connectivity index (χ1n) is 6.54. The molecule has 2 rings (SSSR count). The van der Waals surface area contributed by atoms with Gasteiger partial charge in [0.2, 0.25) is 0 Å². The third-order valence-electron chi connectivity index (χ3n) is 4.47. The summed E-state index contributed by atoms with van der Waals surface area (Å²) in [5.41, 5.74) is 6.89. The lowest BCUT2D eigenvalue weighted by atomic mass is 9.60. The van der Waals surface area contributed by atoms with E-state index in [9.17, 15) is 4.39 Å². The third-order valence-corrected chi connectivity index (χ3v) is 4.47. The molecule has 1 saturated carbocycles. The van der Waals surface area contributed by atoms with Crippen LogP contribution in [0.5, 0.6) is 5.75 Å². The zero-order valence-electron chi connectivity index (χ0n) is 11.4. The molecule has 0 radical (unpaired) electrons. The van der Waals surface area contributed by atoms with Crippen LogP contribution >= 0.6 is 0 Å². The topological polar surface area (TPSA) is 35.2 Å². The molecule has 2 N–H and O–H groups in total. The van der Waals surface area contributed by atoms with Crippen molar-refractivity contribution in [2.45, 2.75) is 45.1 Å². The number of methoxy groups -OCH3 is 1. The Morgan fingerprint density at radius 3 is 2.50 bits per heavy atom. The number of rotatable bonds is 2. The first-order valence-corrected chi connectivity index (χ1v) is 6.54. The van der Waals surface area contributed by atoms with Crippen LogP contribution in [0.3, 0.4) is 0 Å². The Hall–Kier alpha value is -1.09. The van der Waals surface area contributed by atoms with Crippen LogP contribution in [0.25, 0.3) is 0 Å². The van der Waals surface area contributed by atoms with Crippen molar-refractivity contribution in [3.63, 3.8) is 0 Å². The molecule has 1 fully saturated rings. The van der Waals surface area contributed by atoms with Crippen molar-refractivity contribution in [1.82, 2.24) is 0 Å². The molecule has 1 aromatic rings. The van der Waals surface area contributed by atoms with E-state index in [1.54, 1.807) is 13.2 Å². The molecule has 1 aliphatic carbocycles. The first-order chi connectivity index (χ1) is 8.40. The van der Waals surface area contributed by atoms with E-state index in [0.29, 0.717) is 5.75 Å². The van der Waals surface area contributed by atoms with Crippen LogP contribution in [-0.2, 0) is 5.54 Å². The van der Waals surface area contributed by atoms with Crippen LogP contribution in [0.4, 0.5) is 4.39 Å². The summed E-state index contributed by atoms with van der Waals surface area (Å²) < 4.78 is 18.9. The summed E-state index contributed by atoms with van der Waals surface area (Å²) in [7, 11) is 1.61. The van der Waals surface area contributed by atoms with Crippen LogP contribution in [0.2, 0.25) is 0 Å². The molecule has 0 heterocycles. The summed E-state index contributed by atoms with van der Waals surface area (Å²) in [6, 6.07) is 4.62. The highest BCUT2D eigenvalue weighted by Crippen LogP contribution is 2.50. The van der Waals surface area contributed by atoms with E-state index in [2.05, 4.69) is 13.8 Å². The second-order valence-electron chi connectivity index (χ2n) is 5.91. The van der Waals surface area contributed by atoms with E-state index < -0.39 is 5.54 Å². The van der Waals surface area contributed by atoms with Gasteiger partial charge in [-0.1, -0.05) is 26.7 Å². The van der Waals surface area contributed by atoms with Crippen LogP contribution in [-0.4, -0.2) is 7.11 Å². The summed E-state index contributed by atoms with van der Waals surface area (Å²) in [5.74, 6) is 0.436. The third kappa shape index (κ3) is 2.01. The summed E-state index contributed by atoms with van der Waals surface area (Å²) in [4.78, 5) is 0. The SMILES string of the molecule is COc1ccc(F)cc1C1(N)CCCCC1(C)C. The largest absolute Gasteiger partial charge is 0.496 e. The van der Waals surface area contributed by atoms with Gasteiger partial charge in [-0.3, -0.25) is 0 Å². The molecule has 3 heteroatoms. The van der Waals surface area contributed by atoms with Gasteiger partial charge in [-0.2, -0.15) is 0 Å².